The van der Waals surface area contributed by atoms with Gasteiger partial charge < -0.3 is 24.4 Å². The van der Waals surface area contributed by atoms with Crippen LogP contribution in [0.2, 0.25) is 0 Å². The van der Waals surface area contributed by atoms with Crippen LogP contribution in [-0.4, -0.2) is 59.0 Å². The zero-order valence-electron chi connectivity index (χ0n) is 9.57. The Bertz CT molecular complexity index is 292. The molecule has 5 heteroatoms. The first-order valence-corrected chi connectivity index (χ1v) is 6.53. The second-order valence-corrected chi connectivity index (χ2v) is 5.72. The predicted molar refractivity (Wildman–Crippen MR) is 56.5 cm³/mol. The van der Waals surface area contributed by atoms with Gasteiger partial charge in [0.1, 0.15) is 0 Å². The minimum atomic E-state index is -0.246. The van der Waals surface area contributed by atoms with E-state index in [-0.39, 0.29) is 48.8 Å². The average Bonchev–Trinajstić information content (AvgIpc) is 3.04. The van der Waals surface area contributed by atoms with Crippen molar-refractivity contribution in [1.29, 1.82) is 0 Å². The molecule has 4 fully saturated rings. The molecular formula is C12H18O5. The lowest BCUT2D eigenvalue weighted by molar-refractivity contribution is -0.0118. The van der Waals surface area contributed by atoms with Crippen LogP contribution in [0, 0.1) is 0 Å². The number of rotatable bonds is 6. The summed E-state index contributed by atoms with van der Waals surface area (Å²) in [5, 5.41) is 18.3. The molecule has 8 atom stereocenters. The van der Waals surface area contributed by atoms with Gasteiger partial charge in [-0.15, -0.1) is 0 Å². The fraction of sp³-hybridized carbons (Fsp3) is 1.00. The number of aliphatic hydroxyl groups excluding tert-OH is 2. The molecule has 0 radical (unpaired) electrons. The molecule has 0 amide bonds. The van der Waals surface area contributed by atoms with E-state index >= 15 is 0 Å². The molecule has 96 valence electrons. The summed E-state index contributed by atoms with van der Waals surface area (Å²) in [6.45, 7) is 0. The van der Waals surface area contributed by atoms with E-state index in [1.54, 1.807) is 0 Å². The number of aliphatic hydroxyl groups is 2. The number of hydrogen-bond donors (Lipinski definition) is 2. The van der Waals surface area contributed by atoms with Gasteiger partial charge in [0.25, 0.3) is 0 Å². The molecular weight excluding hydrogens is 224 g/mol. The Hall–Kier alpha value is -0.200. The molecule has 0 spiro atoms. The lowest BCUT2D eigenvalue weighted by Crippen LogP contribution is -2.12. The third kappa shape index (κ3) is 2.35. The van der Waals surface area contributed by atoms with Gasteiger partial charge in [-0.05, 0) is 0 Å². The highest BCUT2D eigenvalue weighted by Gasteiger charge is 2.53. The van der Waals surface area contributed by atoms with Crippen molar-refractivity contribution in [2.24, 2.45) is 0 Å². The quantitative estimate of drug-likeness (QED) is 0.662. The summed E-state index contributed by atoms with van der Waals surface area (Å²) < 4.78 is 17.0. The third-order valence-corrected chi connectivity index (χ3v) is 3.80. The highest BCUT2D eigenvalue weighted by Crippen LogP contribution is 2.42. The maximum atomic E-state index is 9.15. The van der Waals surface area contributed by atoms with Crippen LogP contribution in [0.3, 0.4) is 0 Å². The van der Waals surface area contributed by atoms with E-state index in [0.29, 0.717) is 0 Å². The monoisotopic (exact) mass is 242 g/mol. The van der Waals surface area contributed by atoms with Crippen molar-refractivity contribution in [3.05, 3.63) is 0 Å². The molecule has 2 N–H and O–H groups in total. The second kappa shape index (κ2) is 3.65. The lowest BCUT2D eigenvalue weighted by Gasteiger charge is -2.04. The molecule has 0 aromatic carbocycles. The van der Waals surface area contributed by atoms with Crippen LogP contribution >= 0.6 is 0 Å². The van der Waals surface area contributed by atoms with Crippen molar-refractivity contribution in [3.8, 4) is 0 Å². The van der Waals surface area contributed by atoms with Crippen molar-refractivity contribution in [1.82, 2.24) is 0 Å². The van der Waals surface area contributed by atoms with Gasteiger partial charge in [0.05, 0.1) is 48.8 Å². The van der Waals surface area contributed by atoms with E-state index in [9.17, 15) is 0 Å². The van der Waals surface area contributed by atoms with Crippen molar-refractivity contribution in [2.75, 3.05) is 0 Å². The Labute approximate surface area is 99.7 Å². The van der Waals surface area contributed by atoms with Gasteiger partial charge >= 0.3 is 0 Å². The molecule has 0 heterocycles. The topological polar surface area (TPSA) is 68.2 Å². The van der Waals surface area contributed by atoms with Crippen LogP contribution in [0.1, 0.15) is 25.7 Å². The number of ether oxygens (including phenoxy) is 3. The Balaban J connectivity index is 1.13. The summed E-state index contributed by atoms with van der Waals surface area (Å²) in [5.74, 6) is 0. The van der Waals surface area contributed by atoms with Crippen LogP contribution in [0.15, 0.2) is 0 Å². The maximum Gasteiger partial charge on any atom is 0.0868 e. The first-order valence-electron chi connectivity index (χ1n) is 6.53. The molecule has 4 saturated carbocycles. The van der Waals surface area contributed by atoms with E-state index in [1.807, 2.05) is 0 Å². The standard InChI is InChI=1S/C12H18O5/c13-5-1-7(5)15-9-3-11(9)17-12-4-10(12)16-8-2-6(8)14/h5-14H,1-4H2. The molecule has 4 rings (SSSR count). The smallest absolute Gasteiger partial charge is 0.0868 e. The van der Waals surface area contributed by atoms with Crippen LogP contribution in [-0.2, 0) is 14.2 Å². The molecule has 0 aliphatic heterocycles. The number of hydrogen-bond acceptors (Lipinski definition) is 5. The fourth-order valence-electron chi connectivity index (χ4n) is 2.16. The van der Waals surface area contributed by atoms with Crippen molar-refractivity contribution < 1.29 is 24.4 Å². The van der Waals surface area contributed by atoms with Crippen LogP contribution in [0.4, 0.5) is 0 Å². The van der Waals surface area contributed by atoms with E-state index in [0.717, 1.165) is 25.7 Å². The zero-order valence-corrected chi connectivity index (χ0v) is 9.57. The van der Waals surface area contributed by atoms with Crippen LogP contribution in [0.25, 0.3) is 0 Å². The summed E-state index contributed by atoms with van der Waals surface area (Å²) in [7, 11) is 0. The van der Waals surface area contributed by atoms with Crippen molar-refractivity contribution >= 4 is 0 Å². The first kappa shape index (κ1) is 10.7. The van der Waals surface area contributed by atoms with Gasteiger partial charge in [0.2, 0.25) is 0 Å². The van der Waals surface area contributed by atoms with Gasteiger partial charge in [-0.1, -0.05) is 0 Å². The molecule has 0 aromatic rings. The Morgan fingerprint density at radius 1 is 0.529 bits per heavy atom. The fourth-order valence-corrected chi connectivity index (χ4v) is 2.16. The summed E-state index contributed by atoms with van der Waals surface area (Å²) in [5.41, 5.74) is 0. The zero-order chi connectivity index (χ0) is 11.6. The largest absolute Gasteiger partial charge is 0.390 e. The second-order valence-electron chi connectivity index (χ2n) is 5.72. The Kier molecular flexibility index (Phi) is 2.30. The molecule has 4 aliphatic rings. The summed E-state index contributed by atoms with van der Waals surface area (Å²) in [4.78, 5) is 0. The van der Waals surface area contributed by atoms with E-state index < -0.39 is 0 Å². The highest BCUT2D eigenvalue weighted by atomic mass is 16.6. The maximum absolute atomic E-state index is 9.15. The predicted octanol–water partition coefficient (Wildman–Crippen LogP) is -0.416. The van der Waals surface area contributed by atoms with E-state index in [4.69, 9.17) is 24.4 Å². The first-order chi connectivity index (χ1) is 8.20. The van der Waals surface area contributed by atoms with Gasteiger partial charge in [-0.25, -0.2) is 0 Å². The van der Waals surface area contributed by atoms with Crippen molar-refractivity contribution in [2.45, 2.75) is 74.5 Å². The Morgan fingerprint density at radius 2 is 0.824 bits per heavy atom. The molecule has 17 heavy (non-hydrogen) atoms. The average molecular weight is 242 g/mol. The molecule has 5 nitrogen and oxygen atoms in total. The summed E-state index contributed by atoms with van der Waals surface area (Å²) >= 11 is 0. The minimum Gasteiger partial charge on any atom is -0.390 e. The van der Waals surface area contributed by atoms with Crippen LogP contribution < -0.4 is 0 Å². The molecule has 4 aliphatic carbocycles. The van der Waals surface area contributed by atoms with Gasteiger partial charge in [0.15, 0.2) is 0 Å². The molecule has 8 unspecified atom stereocenters. The third-order valence-electron chi connectivity index (χ3n) is 3.80. The van der Waals surface area contributed by atoms with Gasteiger partial charge in [0, 0.05) is 25.7 Å². The Morgan fingerprint density at radius 3 is 1.12 bits per heavy atom. The minimum absolute atomic E-state index is 0.0569. The molecule has 0 aromatic heterocycles. The van der Waals surface area contributed by atoms with Gasteiger partial charge in [-0.2, -0.15) is 0 Å². The highest BCUT2D eigenvalue weighted by molar-refractivity contribution is 5.01. The summed E-state index contributed by atoms with van der Waals surface area (Å²) in [6.07, 6.45) is 3.83. The molecule has 0 saturated heterocycles. The van der Waals surface area contributed by atoms with Crippen molar-refractivity contribution in [3.63, 3.8) is 0 Å². The van der Waals surface area contributed by atoms with Gasteiger partial charge in [-0.3, -0.25) is 0 Å². The summed E-state index contributed by atoms with van der Waals surface area (Å²) in [6, 6.07) is 0. The SMILES string of the molecule is OC1CC1OC1CC1OC1CC1OC1CC1O. The lowest BCUT2D eigenvalue weighted by atomic mass is 10.7. The van der Waals surface area contributed by atoms with E-state index in [2.05, 4.69) is 0 Å². The van der Waals surface area contributed by atoms with E-state index in [1.165, 1.54) is 0 Å². The molecule has 0 bridgehead atoms. The van der Waals surface area contributed by atoms with Crippen LogP contribution in [0.5, 0.6) is 0 Å². The normalized spacial score (nSPS) is 58.9.